The molecule has 0 radical (unpaired) electrons. The van der Waals surface area contributed by atoms with Gasteiger partial charge in [0.25, 0.3) is 0 Å². The van der Waals surface area contributed by atoms with Crippen molar-refractivity contribution in [2.24, 2.45) is 0 Å². The molecular formula is C20H26N4O8S. The van der Waals surface area contributed by atoms with Gasteiger partial charge in [0.15, 0.2) is 5.69 Å². The van der Waals surface area contributed by atoms with E-state index in [0.717, 1.165) is 0 Å². The number of sulfonamides is 1. The molecule has 180 valence electrons. The lowest BCUT2D eigenvalue weighted by molar-refractivity contribution is 0.0539. The molecule has 0 saturated carbocycles. The van der Waals surface area contributed by atoms with Gasteiger partial charge in [-0.2, -0.15) is 4.31 Å². The molecule has 33 heavy (non-hydrogen) atoms. The fourth-order valence-corrected chi connectivity index (χ4v) is 4.97. The molecule has 1 aromatic carbocycles. The van der Waals surface area contributed by atoms with Gasteiger partial charge in [0.2, 0.25) is 15.7 Å². The summed E-state index contributed by atoms with van der Waals surface area (Å²) in [5.74, 6) is -1.03. The van der Waals surface area contributed by atoms with Crippen molar-refractivity contribution >= 4 is 22.0 Å². The van der Waals surface area contributed by atoms with E-state index >= 15 is 0 Å². The third-order valence-corrected chi connectivity index (χ3v) is 7.15. The zero-order valence-electron chi connectivity index (χ0n) is 18.6. The van der Waals surface area contributed by atoms with E-state index in [-0.39, 0.29) is 35.4 Å². The number of rotatable bonds is 9. The molecule has 1 aliphatic heterocycles. The number of methoxy groups -OCH3 is 3. The molecule has 0 aliphatic carbocycles. The maximum Gasteiger partial charge on any atom is 0.361 e. The van der Waals surface area contributed by atoms with E-state index in [2.05, 4.69) is 15.0 Å². The van der Waals surface area contributed by atoms with Crippen LogP contribution in [0.25, 0.3) is 0 Å². The van der Waals surface area contributed by atoms with Crippen LogP contribution in [0, 0.1) is 0 Å². The Morgan fingerprint density at radius 2 is 1.64 bits per heavy atom. The molecule has 0 N–H and O–H groups in total. The third-order valence-electron chi connectivity index (χ3n) is 5.24. The van der Waals surface area contributed by atoms with Crippen LogP contribution in [-0.2, 0) is 24.2 Å². The highest BCUT2D eigenvalue weighted by atomic mass is 32.2. The smallest absolute Gasteiger partial charge is 0.361 e. The molecule has 2 heterocycles. The van der Waals surface area contributed by atoms with E-state index in [1.807, 2.05) is 0 Å². The second-order valence-corrected chi connectivity index (χ2v) is 9.10. The number of esters is 2. The number of ether oxygens (including phenoxy) is 4. The molecule has 1 saturated heterocycles. The maximum absolute atomic E-state index is 13.1. The van der Waals surface area contributed by atoms with Gasteiger partial charge in [-0.05, 0) is 37.1 Å². The highest BCUT2D eigenvalue weighted by molar-refractivity contribution is 7.89. The number of carbonyl (C=O) groups excluding carboxylic acids is 2. The van der Waals surface area contributed by atoms with Gasteiger partial charge < -0.3 is 18.9 Å². The Morgan fingerprint density at radius 1 is 1.00 bits per heavy atom. The summed E-state index contributed by atoms with van der Waals surface area (Å²) >= 11 is 0. The van der Waals surface area contributed by atoms with E-state index in [1.54, 1.807) is 19.2 Å². The first-order chi connectivity index (χ1) is 15.8. The van der Waals surface area contributed by atoms with Crippen molar-refractivity contribution in [3.05, 3.63) is 35.7 Å². The maximum atomic E-state index is 13.1. The van der Waals surface area contributed by atoms with Crippen LogP contribution in [-0.4, -0.2) is 87.3 Å². The van der Waals surface area contributed by atoms with Gasteiger partial charge in [-0.15, -0.1) is 5.10 Å². The average Bonchev–Trinajstić information content (AvgIpc) is 3.29. The molecule has 13 heteroatoms. The van der Waals surface area contributed by atoms with Gasteiger partial charge >= 0.3 is 11.9 Å². The molecule has 1 aliphatic rings. The van der Waals surface area contributed by atoms with Crippen molar-refractivity contribution in [3.8, 4) is 5.75 Å². The highest BCUT2D eigenvalue weighted by Gasteiger charge is 2.35. The lowest BCUT2D eigenvalue weighted by atomic mass is 10.1. The molecule has 3 rings (SSSR count). The number of hydrogen-bond acceptors (Lipinski definition) is 10. The van der Waals surface area contributed by atoms with Crippen molar-refractivity contribution in [1.29, 1.82) is 0 Å². The minimum Gasteiger partial charge on any atom is -0.491 e. The Hall–Kier alpha value is -3.03. The SMILES string of the molecule is COCCOc1ccc(S(=O)(=O)N2CCC(n3nnc(C(=O)OC)c3C(=O)OC)CC2)cc1. The summed E-state index contributed by atoms with van der Waals surface area (Å²) < 4.78 is 48.6. The van der Waals surface area contributed by atoms with E-state index in [4.69, 9.17) is 14.2 Å². The number of aromatic nitrogens is 3. The van der Waals surface area contributed by atoms with Crippen LogP contribution in [0.5, 0.6) is 5.75 Å². The summed E-state index contributed by atoms with van der Waals surface area (Å²) in [6.07, 6.45) is 0.733. The Kier molecular flexibility index (Phi) is 8.00. The first kappa shape index (κ1) is 24.6. The molecule has 1 fully saturated rings. The quantitative estimate of drug-likeness (QED) is 0.374. The van der Waals surface area contributed by atoms with Gasteiger partial charge in [-0.1, -0.05) is 5.21 Å². The van der Waals surface area contributed by atoms with Crippen LogP contribution >= 0.6 is 0 Å². The molecule has 0 amide bonds. The predicted octanol–water partition coefficient (Wildman–Crippen LogP) is 0.902. The lowest BCUT2D eigenvalue weighted by Crippen LogP contribution is -2.39. The van der Waals surface area contributed by atoms with E-state index < -0.39 is 22.0 Å². The molecule has 0 bridgehead atoms. The minimum atomic E-state index is -3.71. The van der Waals surface area contributed by atoms with E-state index in [1.165, 1.54) is 35.3 Å². The lowest BCUT2D eigenvalue weighted by Gasteiger charge is -2.31. The van der Waals surface area contributed by atoms with Gasteiger partial charge in [0, 0.05) is 20.2 Å². The Bertz CT molecular complexity index is 1080. The Balaban J connectivity index is 1.71. The second kappa shape index (κ2) is 10.7. The van der Waals surface area contributed by atoms with Crippen LogP contribution in [0.4, 0.5) is 0 Å². The van der Waals surface area contributed by atoms with E-state index in [0.29, 0.717) is 31.8 Å². The van der Waals surface area contributed by atoms with Crippen molar-refractivity contribution in [2.45, 2.75) is 23.8 Å². The van der Waals surface area contributed by atoms with Crippen molar-refractivity contribution < 1.29 is 37.0 Å². The third kappa shape index (κ3) is 5.31. The zero-order valence-corrected chi connectivity index (χ0v) is 19.4. The van der Waals surface area contributed by atoms with Crippen molar-refractivity contribution in [3.63, 3.8) is 0 Å². The summed E-state index contributed by atoms with van der Waals surface area (Å²) in [6.45, 7) is 1.20. The molecule has 0 unspecified atom stereocenters. The van der Waals surface area contributed by atoms with Crippen molar-refractivity contribution in [1.82, 2.24) is 19.3 Å². The number of piperidine rings is 1. The number of hydrogen-bond donors (Lipinski definition) is 0. The van der Waals surface area contributed by atoms with Gasteiger partial charge in [-0.25, -0.2) is 22.7 Å². The Labute approximate surface area is 191 Å². The largest absolute Gasteiger partial charge is 0.491 e. The van der Waals surface area contributed by atoms with Crippen LogP contribution < -0.4 is 4.74 Å². The molecule has 12 nitrogen and oxygen atoms in total. The molecule has 2 aromatic rings. The standard InChI is InChI=1S/C20H26N4O8S/c1-29-12-13-32-15-4-6-16(7-5-15)33(27,28)23-10-8-14(9-11-23)24-18(20(26)31-3)17(21-22-24)19(25)30-2/h4-7,14H,8-13H2,1-3H3. The highest BCUT2D eigenvalue weighted by Crippen LogP contribution is 2.29. The fourth-order valence-electron chi connectivity index (χ4n) is 3.50. The summed E-state index contributed by atoms with van der Waals surface area (Å²) in [6, 6.07) is 5.86. The average molecular weight is 483 g/mol. The van der Waals surface area contributed by atoms with Crippen LogP contribution in [0.3, 0.4) is 0 Å². The number of carbonyl (C=O) groups is 2. The second-order valence-electron chi connectivity index (χ2n) is 7.16. The predicted molar refractivity (Wildman–Crippen MR) is 114 cm³/mol. The summed E-state index contributed by atoms with van der Waals surface area (Å²) in [5.41, 5.74) is -0.359. The van der Waals surface area contributed by atoms with E-state index in [9.17, 15) is 18.0 Å². The summed E-state index contributed by atoms with van der Waals surface area (Å²) in [4.78, 5) is 24.3. The summed E-state index contributed by atoms with van der Waals surface area (Å²) in [5, 5.41) is 7.71. The number of benzene rings is 1. The fraction of sp³-hybridized carbons (Fsp3) is 0.500. The normalized spacial score (nSPS) is 15.2. The molecular weight excluding hydrogens is 456 g/mol. The van der Waals surface area contributed by atoms with Gasteiger partial charge in [-0.3, -0.25) is 0 Å². The van der Waals surface area contributed by atoms with Crippen molar-refractivity contribution in [2.75, 3.05) is 47.6 Å². The minimum absolute atomic E-state index is 0.116. The first-order valence-corrected chi connectivity index (χ1v) is 11.6. The molecule has 0 atom stereocenters. The molecule has 1 aromatic heterocycles. The topological polar surface area (TPSA) is 139 Å². The number of nitrogens with zero attached hydrogens (tertiary/aromatic N) is 4. The monoisotopic (exact) mass is 482 g/mol. The summed E-state index contributed by atoms with van der Waals surface area (Å²) in [7, 11) is 0.213. The molecule has 0 spiro atoms. The first-order valence-electron chi connectivity index (χ1n) is 10.2. The van der Waals surface area contributed by atoms with Gasteiger partial charge in [0.05, 0.1) is 31.8 Å². The van der Waals surface area contributed by atoms with Gasteiger partial charge in [0.1, 0.15) is 12.4 Å². The van der Waals surface area contributed by atoms with Crippen LogP contribution in [0.15, 0.2) is 29.2 Å². The van der Waals surface area contributed by atoms with Crippen LogP contribution in [0.2, 0.25) is 0 Å². The Morgan fingerprint density at radius 3 is 2.21 bits per heavy atom. The zero-order chi connectivity index (χ0) is 24.0. The van der Waals surface area contributed by atoms with Crippen LogP contribution in [0.1, 0.15) is 39.9 Å².